The van der Waals surface area contributed by atoms with Crippen molar-refractivity contribution in [1.82, 2.24) is 0 Å². The van der Waals surface area contributed by atoms with Crippen LogP contribution < -0.4 is 5.32 Å². The van der Waals surface area contributed by atoms with E-state index < -0.39 is 5.97 Å². The summed E-state index contributed by atoms with van der Waals surface area (Å²) in [5.41, 5.74) is 2.69. The standard InChI is InChI=1S/C20H31NO2/c1-2-3-4-5-6-7-8-9-10-11-17-15-21-19-14-16(20(22)23)12-13-18(17)19/h12-14,17,21H,2-11,15H2,1H3,(H,22,23). The molecule has 0 bridgehead atoms. The summed E-state index contributed by atoms with van der Waals surface area (Å²) in [4.78, 5) is 11.0. The zero-order valence-electron chi connectivity index (χ0n) is 14.4. The number of anilines is 1. The fourth-order valence-corrected chi connectivity index (χ4v) is 3.50. The van der Waals surface area contributed by atoms with Crippen molar-refractivity contribution in [3.05, 3.63) is 29.3 Å². The van der Waals surface area contributed by atoms with Gasteiger partial charge in [0, 0.05) is 18.2 Å². The third-order valence-corrected chi connectivity index (χ3v) is 4.94. The minimum absolute atomic E-state index is 0.375. The molecule has 0 radical (unpaired) electrons. The van der Waals surface area contributed by atoms with Gasteiger partial charge in [0.25, 0.3) is 0 Å². The van der Waals surface area contributed by atoms with Gasteiger partial charge in [0.15, 0.2) is 0 Å². The van der Waals surface area contributed by atoms with Crippen LogP contribution >= 0.6 is 0 Å². The highest BCUT2D eigenvalue weighted by molar-refractivity contribution is 5.89. The summed E-state index contributed by atoms with van der Waals surface area (Å²) in [6, 6.07) is 5.50. The van der Waals surface area contributed by atoms with Crippen LogP contribution in [0.3, 0.4) is 0 Å². The van der Waals surface area contributed by atoms with Crippen LogP contribution in [0.15, 0.2) is 18.2 Å². The van der Waals surface area contributed by atoms with Gasteiger partial charge in [0.1, 0.15) is 0 Å². The molecule has 1 aromatic carbocycles. The van der Waals surface area contributed by atoms with Gasteiger partial charge in [-0.05, 0) is 24.1 Å². The molecule has 2 N–H and O–H groups in total. The van der Waals surface area contributed by atoms with Crippen molar-refractivity contribution in [2.45, 2.75) is 77.0 Å². The number of hydrogen-bond acceptors (Lipinski definition) is 2. The van der Waals surface area contributed by atoms with Crippen LogP contribution in [-0.4, -0.2) is 17.6 Å². The minimum Gasteiger partial charge on any atom is -0.478 e. The summed E-state index contributed by atoms with van der Waals surface area (Å²) in [6.07, 6.45) is 13.5. The molecule has 1 aliphatic rings. The van der Waals surface area contributed by atoms with E-state index in [1.165, 1.54) is 69.8 Å². The van der Waals surface area contributed by atoms with E-state index in [0.29, 0.717) is 11.5 Å². The molecule has 1 aliphatic heterocycles. The lowest BCUT2D eigenvalue weighted by molar-refractivity contribution is 0.0697. The quantitative estimate of drug-likeness (QED) is 0.506. The topological polar surface area (TPSA) is 49.3 Å². The molecule has 3 heteroatoms. The summed E-state index contributed by atoms with van der Waals surface area (Å²) >= 11 is 0. The summed E-state index contributed by atoms with van der Waals surface area (Å²) < 4.78 is 0. The predicted molar refractivity (Wildman–Crippen MR) is 96.5 cm³/mol. The Hall–Kier alpha value is -1.51. The first kappa shape index (κ1) is 17.8. The van der Waals surface area contributed by atoms with E-state index in [0.717, 1.165) is 12.2 Å². The van der Waals surface area contributed by atoms with E-state index in [2.05, 4.69) is 12.2 Å². The Kier molecular flexibility index (Phi) is 7.44. The zero-order valence-corrected chi connectivity index (χ0v) is 14.4. The number of fused-ring (bicyclic) bond motifs is 1. The molecular weight excluding hydrogens is 286 g/mol. The Labute approximate surface area is 140 Å². The normalized spacial score (nSPS) is 16.1. The number of hydrogen-bond donors (Lipinski definition) is 2. The number of aromatic carboxylic acids is 1. The summed E-state index contributed by atoms with van der Waals surface area (Å²) in [6.45, 7) is 3.22. The van der Waals surface area contributed by atoms with Crippen LogP contribution in [0.25, 0.3) is 0 Å². The highest BCUT2D eigenvalue weighted by atomic mass is 16.4. The van der Waals surface area contributed by atoms with Crippen molar-refractivity contribution in [3.8, 4) is 0 Å². The largest absolute Gasteiger partial charge is 0.478 e. The van der Waals surface area contributed by atoms with E-state index >= 15 is 0 Å². The highest BCUT2D eigenvalue weighted by Gasteiger charge is 2.22. The van der Waals surface area contributed by atoms with E-state index in [-0.39, 0.29) is 0 Å². The Morgan fingerprint density at radius 3 is 2.39 bits per heavy atom. The molecule has 0 aromatic heterocycles. The lowest BCUT2D eigenvalue weighted by Crippen LogP contribution is -2.01. The van der Waals surface area contributed by atoms with Crippen LogP contribution in [0.5, 0.6) is 0 Å². The van der Waals surface area contributed by atoms with Crippen molar-refractivity contribution in [2.75, 3.05) is 11.9 Å². The Morgan fingerprint density at radius 2 is 1.74 bits per heavy atom. The number of nitrogens with one attached hydrogen (secondary N) is 1. The summed E-state index contributed by atoms with van der Waals surface area (Å²) in [7, 11) is 0. The fourth-order valence-electron chi connectivity index (χ4n) is 3.50. The zero-order chi connectivity index (χ0) is 16.5. The van der Waals surface area contributed by atoms with Gasteiger partial charge in [-0.2, -0.15) is 0 Å². The van der Waals surface area contributed by atoms with Gasteiger partial charge in [-0.1, -0.05) is 70.8 Å². The molecule has 0 saturated carbocycles. The number of carboxylic acid groups (broad SMARTS) is 1. The van der Waals surface area contributed by atoms with Crippen molar-refractivity contribution >= 4 is 11.7 Å². The minimum atomic E-state index is -0.850. The molecule has 0 spiro atoms. The van der Waals surface area contributed by atoms with Crippen molar-refractivity contribution < 1.29 is 9.90 Å². The number of benzene rings is 1. The Bertz CT molecular complexity index is 498. The van der Waals surface area contributed by atoms with E-state index in [1.54, 1.807) is 12.1 Å². The molecular formula is C20H31NO2. The third-order valence-electron chi connectivity index (χ3n) is 4.94. The monoisotopic (exact) mass is 317 g/mol. The van der Waals surface area contributed by atoms with E-state index in [9.17, 15) is 4.79 Å². The van der Waals surface area contributed by atoms with Crippen molar-refractivity contribution in [2.24, 2.45) is 0 Å². The Balaban J connectivity index is 1.62. The molecule has 2 rings (SSSR count). The Morgan fingerprint density at radius 1 is 1.09 bits per heavy atom. The molecule has 0 aliphatic carbocycles. The van der Waals surface area contributed by atoms with Crippen LogP contribution in [0.4, 0.5) is 5.69 Å². The predicted octanol–water partition coefficient (Wildman–Crippen LogP) is 5.81. The first-order valence-corrected chi connectivity index (χ1v) is 9.33. The van der Waals surface area contributed by atoms with Gasteiger partial charge >= 0.3 is 5.97 Å². The maximum Gasteiger partial charge on any atom is 0.335 e. The molecule has 3 nitrogen and oxygen atoms in total. The van der Waals surface area contributed by atoms with Crippen molar-refractivity contribution in [1.29, 1.82) is 0 Å². The SMILES string of the molecule is CCCCCCCCCCCC1CNc2cc(C(=O)O)ccc21. The first-order valence-electron chi connectivity index (χ1n) is 9.33. The van der Waals surface area contributed by atoms with Gasteiger partial charge < -0.3 is 10.4 Å². The molecule has 0 saturated heterocycles. The van der Waals surface area contributed by atoms with Gasteiger partial charge in [-0.15, -0.1) is 0 Å². The molecule has 1 aromatic rings. The molecule has 128 valence electrons. The van der Waals surface area contributed by atoms with E-state index in [4.69, 9.17) is 5.11 Å². The first-order chi connectivity index (χ1) is 11.2. The second kappa shape index (κ2) is 9.59. The second-order valence-corrected chi connectivity index (χ2v) is 6.80. The maximum atomic E-state index is 11.0. The average molecular weight is 317 g/mol. The lowest BCUT2D eigenvalue weighted by Gasteiger charge is -2.10. The van der Waals surface area contributed by atoms with Crippen molar-refractivity contribution in [3.63, 3.8) is 0 Å². The maximum absolute atomic E-state index is 11.0. The summed E-state index contributed by atoms with van der Waals surface area (Å²) in [5, 5.41) is 12.4. The number of carboxylic acids is 1. The molecule has 23 heavy (non-hydrogen) atoms. The van der Waals surface area contributed by atoms with Gasteiger partial charge in [-0.25, -0.2) is 4.79 Å². The smallest absolute Gasteiger partial charge is 0.335 e. The van der Waals surface area contributed by atoms with Crippen LogP contribution in [0.1, 0.15) is 93.0 Å². The fraction of sp³-hybridized carbons (Fsp3) is 0.650. The molecule has 1 atom stereocenters. The summed E-state index contributed by atoms with van der Waals surface area (Å²) in [5.74, 6) is -0.297. The second-order valence-electron chi connectivity index (χ2n) is 6.80. The molecule has 0 fully saturated rings. The van der Waals surface area contributed by atoms with Gasteiger partial charge in [-0.3, -0.25) is 0 Å². The number of carbonyl (C=O) groups is 1. The van der Waals surface area contributed by atoms with Crippen LogP contribution in [-0.2, 0) is 0 Å². The average Bonchev–Trinajstić information content (AvgIpc) is 2.95. The number of rotatable bonds is 11. The van der Waals surface area contributed by atoms with Gasteiger partial charge in [0.2, 0.25) is 0 Å². The van der Waals surface area contributed by atoms with Gasteiger partial charge in [0.05, 0.1) is 5.56 Å². The molecule has 1 unspecified atom stereocenters. The molecule has 1 heterocycles. The van der Waals surface area contributed by atoms with Crippen LogP contribution in [0.2, 0.25) is 0 Å². The third kappa shape index (κ3) is 5.56. The number of unbranched alkanes of at least 4 members (excludes halogenated alkanes) is 8. The van der Waals surface area contributed by atoms with E-state index in [1.807, 2.05) is 6.07 Å². The van der Waals surface area contributed by atoms with Crippen LogP contribution in [0, 0.1) is 0 Å². The lowest BCUT2D eigenvalue weighted by atomic mass is 9.94. The molecule has 0 amide bonds. The highest BCUT2D eigenvalue weighted by Crippen LogP contribution is 2.35.